The van der Waals surface area contributed by atoms with Crippen molar-refractivity contribution in [3.63, 3.8) is 0 Å². The summed E-state index contributed by atoms with van der Waals surface area (Å²) in [6, 6.07) is 7.50. The Kier molecular flexibility index (Phi) is 3.00. The molecule has 4 heteroatoms. The number of rotatable bonds is 3. The minimum absolute atomic E-state index is 0.0745. The second-order valence-electron chi connectivity index (χ2n) is 3.53. The Labute approximate surface area is 93.7 Å². The maximum Gasteiger partial charge on any atom is 0.251 e. The van der Waals surface area contributed by atoms with E-state index < -0.39 is 0 Å². The van der Waals surface area contributed by atoms with E-state index in [2.05, 4.69) is 15.3 Å². The van der Waals surface area contributed by atoms with E-state index in [1.54, 1.807) is 12.4 Å². The van der Waals surface area contributed by atoms with Crippen molar-refractivity contribution in [3.05, 3.63) is 53.6 Å². The first-order valence-electron chi connectivity index (χ1n) is 5.09. The SMILES string of the molecule is Cc1ccccc1C(=O)NCc1ncc[nH]1. The van der Waals surface area contributed by atoms with Crippen LogP contribution < -0.4 is 5.32 Å². The fourth-order valence-corrected chi connectivity index (χ4v) is 1.48. The first-order chi connectivity index (χ1) is 7.77. The molecule has 1 amide bonds. The molecule has 0 aliphatic heterocycles. The number of benzene rings is 1. The monoisotopic (exact) mass is 215 g/mol. The van der Waals surface area contributed by atoms with Crippen molar-refractivity contribution in [2.75, 3.05) is 0 Å². The van der Waals surface area contributed by atoms with Gasteiger partial charge in [0.1, 0.15) is 5.82 Å². The van der Waals surface area contributed by atoms with Gasteiger partial charge in [-0.1, -0.05) is 18.2 Å². The van der Waals surface area contributed by atoms with Crippen LogP contribution in [0.25, 0.3) is 0 Å². The van der Waals surface area contributed by atoms with Gasteiger partial charge in [0, 0.05) is 18.0 Å². The van der Waals surface area contributed by atoms with E-state index in [0.29, 0.717) is 12.1 Å². The zero-order valence-corrected chi connectivity index (χ0v) is 9.03. The molecular weight excluding hydrogens is 202 g/mol. The number of carbonyl (C=O) groups excluding carboxylic acids is 1. The predicted molar refractivity (Wildman–Crippen MR) is 60.9 cm³/mol. The molecule has 2 N–H and O–H groups in total. The van der Waals surface area contributed by atoms with Crippen LogP contribution in [-0.4, -0.2) is 15.9 Å². The van der Waals surface area contributed by atoms with Gasteiger partial charge in [0.15, 0.2) is 0 Å². The molecule has 0 bridgehead atoms. The lowest BCUT2D eigenvalue weighted by Gasteiger charge is -2.05. The molecule has 0 unspecified atom stereocenters. The van der Waals surface area contributed by atoms with Gasteiger partial charge in [-0.05, 0) is 18.6 Å². The molecule has 2 rings (SSSR count). The summed E-state index contributed by atoms with van der Waals surface area (Å²) in [5.41, 5.74) is 1.67. The maximum atomic E-state index is 11.8. The summed E-state index contributed by atoms with van der Waals surface area (Å²) in [5.74, 6) is 0.677. The van der Waals surface area contributed by atoms with Gasteiger partial charge in [-0.2, -0.15) is 0 Å². The van der Waals surface area contributed by atoms with E-state index >= 15 is 0 Å². The molecule has 1 heterocycles. The molecule has 0 aliphatic rings. The number of amides is 1. The summed E-state index contributed by atoms with van der Waals surface area (Å²) >= 11 is 0. The summed E-state index contributed by atoms with van der Waals surface area (Å²) in [6.07, 6.45) is 3.39. The molecule has 0 radical (unpaired) electrons. The maximum absolute atomic E-state index is 11.8. The fourth-order valence-electron chi connectivity index (χ4n) is 1.48. The lowest BCUT2D eigenvalue weighted by Crippen LogP contribution is -2.24. The van der Waals surface area contributed by atoms with Crippen LogP contribution in [0.1, 0.15) is 21.7 Å². The van der Waals surface area contributed by atoms with Crippen molar-refractivity contribution in [1.29, 1.82) is 0 Å². The number of aromatic amines is 1. The topological polar surface area (TPSA) is 57.8 Å². The summed E-state index contributed by atoms with van der Waals surface area (Å²) in [7, 11) is 0. The van der Waals surface area contributed by atoms with E-state index in [1.807, 2.05) is 31.2 Å². The van der Waals surface area contributed by atoms with Crippen molar-refractivity contribution < 1.29 is 4.79 Å². The Bertz CT molecular complexity index is 477. The molecule has 0 saturated heterocycles. The molecule has 4 nitrogen and oxygen atoms in total. The van der Waals surface area contributed by atoms with Gasteiger partial charge in [-0.25, -0.2) is 4.98 Å². The van der Waals surface area contributed by atoms with Crippen molar-refractivity contribution in [1.82, 2.24) is 15.3 Å². The Hall–Kier alpha value is -2.10. The molecule has 0 saturated carbocycles. The largest absolute Gasteiger partial charge is 0.347 e. The van der Waals surface area contributed by atoms with Crippen molar-refractivity contribution in [2.45, 2.75) is 13.5 Å². The third kappa shape index (κ3) is 2.28. The molecule has 1 aromatic heterocycles. The molecule has 0 fully saturated rings. The molecule has 1 aromatic carbocycles. The normalized spacial score (nSPS) is 10.1. The van der Waals surface area contributed by atoms with E-state index in [9.17, 15) is 4.79 Å². The highest BCUT2D eigenvalue weighted by molar-refractivity contribution is 5.95. The molecule has 2 aromatic rings. The number of nitrogens with one attached hydrogen (secondary N) is 2. The molecule has 0 aliphatic carbocycles. The molecule has 16 heavy (non-hydrogen) atoms. The van der Waals surface area contributed by atoms with Gasteiger partial charge >= 0.3 is 0 Å². The third-order valence-corrected chi connectivity index (χ3v) is 2.36. The minimum atomic E-state index is -0.0745. The molecule has 0 atom stereocenters. The number of imidazole rings is 1. The van der Waals surface area contributed by atoms with Gasteiger partial charge in [-0.3, -0.25) is 4.79 Å². The molecule has 82 valence electrons. The first-order valence-corrected chi connectivity index (χ1v) is 5.09. The van der Waals surface area contributed by atoms with E-state index in [-0.39, 0.29) is 5.91 Å². The van der Waals surface area contributed by atoms with Crippen LogP contribution in [0.3, 0.4) is 0 Å². The number of nitrogens with zero attached hydrogens (tertiary/aromatic N) is 1. The lowest BCUT2D eigenvalue weighted by atomic mass is 10.1. The minimum Gasteiger partial charge on any atom is -0.347 e. The number of carbonyl (C=O) groups is 1. The van der Waals surface area contributed by atoms with Gasteiger partial charge in [0.2, 0.25) is 0 Å². The predicted octanol–water partition coefficient (Wildman–Crippen LogP) is 1.65. The van der Waals surface area contributed by atoms with E-state index in [1.165, 1.54) is 0 Å². The highest BCUT2D eigenvalue weighted by Crippen LogP contribution is 2.06. The second-order valence-corrected chi connectivity index (χ2v) is 3.53. The smallest absolute Gasteiger partial charge is 0.251 e. The molecule has 0 spiro atoms. The molecular formula is C12H13N3O. The Morgan fingerprint density at radius 2 is 2.25 bits per heavy atom. The number of aromatic nitrogens is 2. The summed E-state index contributed by atoms with van der Waals surface area (Å²) in [4.78, 5) is 18.8. The highest BCUT2D eigenvalue weighted by atomic mass is 16.1. The number of aryl methyl sites for hydroxylation is 1. The Balaban J connectivity index is 2.01. The van der Waals surface area contributed by atoms with Gasteiger partial charge < -0.3 is 10.3 Å². The first kappa shape index (κ1) is 10.4. The van der Waals surface area contributed by atoms with Crippen LogP contribution in [0.5, 0.6) is 0 Å². The van der Waals surface area contributed by atoms with Crippen LogP contribution in [0, 0.1) is 6.92 Å². The van der Waals surface area contributed by atoms with Crippen molar-refractivity contribution >= 4 is 5.91 Å². The Morgan fingerprint density at radius 3 is 2.94 bits per heavy atom. The van der Waals surface area contributed by atoms with Crippen molar-refractivity contribution in [3.8, 4) is 0 Å². The quantitative estimate of drug-likeness (QED) is 0.817. The van der Waals surface area contributed by atoms with Gasteiger partial charge in [0.05, 0.1) is 6.54 Å². The summed E-state index contributed by atoms with van der Waals surface area (Å²) < 4.78 is 0. The van der Waals surface area contributed by atoms with E-state index in [4.69, 9.17) is 0 Å². The van der Waals surface area contributed by atoms with Crippen LogP contribution in [0.15, 0.2) is 36.7 Å². The standard InChI is InChI=1S/C12H13N3O/c1-9-4-2-3-5-10(9)12(16)15-8-11-13-6-7-14-11/h2-7H,8H2,1H3,(H,13,14)(H,15,16). The fraction of sp³-hybridized carbons (Fsp3) is 0.167. The Morgan fingerprint density at radius 1 is 1.44 bits per heavy atom. The van der Waals surface area contributed by atoms with Crippen LogP contribution in [-0.2, 0) is 6.54 Å². The lowest BCUT2D eigenvalue weighted by molar-refractivity contribution is 0.0949. The number of H-pyrrole nitrogens is 1. The highest BCUT2D eigenvalue weighted by Gasteiger charge is 2.07. The number of hydrogen-bond acceptors (Lipinski definition) is 2. The van der Waals surface area contributed by atoms with Crippen molar-refractivity contribution in [2.24, 2.45) is 0 Å². The summed E-state index contributed by atoms with van der Waals surface area (Å²) in [5, 5.41) is 2.81. The number of hydrogen-bond donors (Lipinski definition) is 2. The summed E-state index contributed by atoms with van der Waals surface area (Å²) in [6.45, 7) is 2.34. The van der Waals surface area contributed by atoms with Gasteiger partial charge in [-0.15, -0.1) is 0 Å². The van der Waals surface area contributed by atoms with Gasteiger partial charge in [0.25, 0.3) is 5.91 Å². The average molecular weight is 215 g/mol. The van der Waals surface area contributed by atoms with Crippen LogP contribution >= 0.6 is 0 Å². The van der Waals surface area contributed by atoms with Crippen LogP contribution in [0.4, 0.5) is 0 Å². The zero-order valence-electron chi connectivity index (χ0n) is 9.03. The average Bonchev–Trinajstić information content (AvgIpc) is 2.79. The zero-order chi connectivity index (χ0) is 11.4. The van der Waals surface area contributed by atoms with Crippen LogP contribution in [0.2, 0.25) is 0 Å². The second kappa shape index (κ2) is 4.61. The van der Waals surface area contributed by atoms with E-state index in [0.717, 1.165) is 11.4 Å². The third-order valence-electron chi connectivity index (χ3n) is 2.36.